The predicted octanol–water partition coefficient (Wildman–Crippen LogP) is 9.57. The standard InChI is InChI=1S/C40H25N3O/c1-2-10-28(11-3-1)42-35-16-8-5-12-29(35)31-24-26(19-21-36(31)42)27-18-20-34-39(25-27)44-38-17-9-7-15-33(38)40(34)32-14-6-4-13-30(32)37-22-23-41-43(37)40/h1-25H. The van der Waals surface area contributed by atoms with Gasteiger partial charge in [0.05, 0.1) is 16.7 Å². The number of para-hydroxylation sites is 3. The van der Waals surface area contributed by atoms with Gasteiger partial charge in [-0.2, -0.15) is 5.10 Å². The summed E-state index contributed by atoms with van der Waals surface area (Å²) in [5, 5.41) is 7.39. The van der Waals surface area contributed by atoms with Crippen LogP contribution in [-0.2, 0) is 5.54 Å². The Labute approximate surface area is 254 Å². The van der Waals surface area contributed by atoms with E-state index in [2.05, 4.69) is 149 Å². The van der Waals surface area contributed by atoms with Gasteiger partial charge in [-0.15, -0.1) is 0 Å². The quantitative estimate of drug-likeness (QED) is 0.210. The number of rotatable bonds is 2. The Morgan fingerprint density at radius 2 is 1.23 bits per heavy atom. The van der Waals surface area contributed by atoms with Crippen LogP contribution in [0.2, 0.25) is 0 Å². The minimum absolute atomic E-state index is 0.606. The third-order valence-electron chi connectivity index (χ3n) is 9.44. The van der Waals surface area contributed by atoms with Gasteiger partial charge in [-0.05, 0) is 65.2 Å². The number of nitrogens with zero attached hydrogens (tertiary/aromatic N) is 3. The Bertz CT molecular complexity index is 2430. The first kappa shape index (κ1) is 23.7. The van der Waals surface area contributed by atoms with Crippen molar-refractivity contribution in [2.24, 2.45) is 0 Å². The number of ether oxygens (including phenoxy) is 1. The van der Waals surface area contributed by atoms with Crippen LogP contribution in [-0.4, -0.2) is 14.3 Å². The highest BCUT2D eigenvalue weighted by Crippen LogP contribution is 2.58. The average Bonchev–Trinajstić information content (AvgIpc) is 3.77. The van der Waals surface area contributed by atoms with Gasteiger partial charge in [0, 0.05) is 39.3 Å². The molecule has 0 amide bonds. The van der Waals surface area contributed by atoms with Gasteiger partial charge < -0.3 is 9.30 Å². The fourth-order valence-corrected chi connectivity index (χ4v) is 7.64. The van der Waals surface area contributed by atoms with Crippen molar-refractivity contribution in [2.75, 3.05) is 0 Å². The summed E-state index contributed by atoms with van der Waals surface area (Å²) in [7, 11) is 0. The second-order valence-corrected chi connectivity index (χ2v) is 11.6. The molecule has 2 aliphatic heterocycles. The molecule has 0 saturated heterocycles. The van der Waals surface area contributed by atoms with E-state index in [0.29, 0.717) is 0 Å². The van der Waals surface area contributed by atoms with Gasteiger partial charge >= 0.3 is 0 Å². The molecular weight excluding hydrogens is 538 g/mol. The monoisotopic (exact) mass is 563 g/mol. The molecule has 44 heavy (non-hydrogen) atoms. The summed E-state index contributed by atoms with van der Waals surface area (Å²) < 4.78 is 11.2. The van der Waals surface area contributed by atoms with Gasteiger partial charge in [-0.3, -0.25) is 0 Å². The van der Waals surface area contributed by atoms with Gasteiger partial charge in [-0.1, -0.05) is 97.1 Å². The van der Waals surface area contributed by atoms with E-state index in [1.807, 2.05) is 12.3 Å². The second kappa shape index (κ2) is 8.59. The number of hydrogen-bond donors (Lipinski definition) is 0. The van der Waals surface area contributed by atoms with E-state index in [1.54, 1.807) is 0 Å². The normalized spacial score (nSPS) is 16.0. The lowest BCUT2D eigenvalue weighted by Crippen LogP contribution is -2.38. The van der Waals surface area contributed by atoms with Crippen LogP contribution in [0.15, 0.2) is 152 Å². The number of benzene rings is 6. The van der Waals surface area contributed by atoms with Gasteiger partial charge in [-0.25, -0.2) is 4.68 Å². The Morgan fingerprint density at radius 3 is 2.16 bits per heavy atom. The van der Waals surface area contributed by atoms with Crippen LogP contribution in [0.25, 0.3) is 49.9 Å². The molecule has 1 spiro atoms. The third kappa shape index (κ3) is 2.94. The van der Waals surface area contributed by atoms with Crippen molar-refractivity contribution in [1.29, 1.82) is 0 Å². The van der Waals surface area contributed by atoms with Crippen LogP contribution in [0.4, 0.5) is 0 Å². The maximum Gasteiger partial charge on any atom is 0.146 e. The van der Waals surface area contributed by atoms with E-state index < -0.39 is 5.54 Å². The fraction of sp³-hybridized carbons (Fsp3) is 0.0250. The van der Waals surface area contributed by atoms with Gasteiger partial charge in [0.25, 0.3) is 0 Å². The first-order valence-electron chi connectivity index (χ1n) is 15.0. The molecule has 4 heteroatoms. The molecule has 10 rings (SSSR count). The highest BCUT2D eigenvalue weighted by molar-refractivity contribution is 6.10. The van der Waals surface area contributed by atoms with E-state index >= 15 is 0 Å². The molecule has 0 aliphatic carbocycles. The lowest BCUT2D eigenvalue weighted by Gasteiger charge is -2.39. The largest absolute Gasteiger partial charge is 0.457 e. The molecule has 2 aromatic heterocycles. The van der Waals surface area contributed by atoms with Crippen LogP contribution in [0.3, 0.4) is 0 Å². The summed E-state index contributed by atoms with van der Waals surface area (Å²) in [6.45, 7) is 0. The second-order valence-electron chi connectivity index (χ2n) is 11.6. The summed E-state index contributed by atoms with van der Waals surface area (Å²) >= 11 is 0. The van der Waals surface area contributed by atoms with Crippen molar-refractivity contribution < 1.29 is 4.74 Å². The topological polar surface area (TPSA) is 32.0 Å². The first-order chi connectivity index (χ1) is 21.8. The molecule has 8 aromatic rings. The maximum atomic E-state index is 6.71. The molecule has 0 radical (unpaired) electrons. The van der Waals surface area contributed by atoms with E-state index in [0.717, 1.165) is 45.1 Å². The molecule has 0 saturated carbocycles. The molecule has 206 valence electrons. The van der Waals surface area contributed by atoms with Crippen LogP contribution in [0.1, 0.15) is 16.7 Å². The van der Waals surface area contributed by atoms with Gasteiger partial charge in [0.2, 0.25) is 0 Å². The molecule has 4 heterocycles. The van der Waals surface area contributed by atoms with Crippen molar-refractivity contribution in [2.45, 2.75) is 5.54 Å². The van der Waals surface area contributed by atoms with Crippen molar-refractivity contribution in [3.8, 4) is 39.6 Å². The molecule has 0 bridgehead atoms. The summed E-state index contributed by atoms with van der Waals surface area (Å²) in [4.78, 5) is 0. The van der Waals surface area contributed by atoms with Crippen molar-refractivity contribution in [1.82, 2.24) is 14.3 Å². The molecule has 0 N–H and O–H groups in total. The third-order valence-corrected chi connectivity index (χ3v) is 9.44. The minimum Gasteiger partial charge on any atom is -0.457 e. The molecule has 4 nitrogen and oxygen atoms in total. The number of fused-ring (bicyclic) bond motifs is 12. The van der Waals surface area contributed by atoms with E-state index in [-0.39, 0.29) is 0 Å². The van der Waals surface area contributed by atoms with Crippen LogP contribution < -0.4 is 4.74 Å². The van der Waals surface area contributed by atoms with E-state index in [4.69, 9.17) is 9.84 Å². The minimum atomic E-state index is -0.606. The van der Waals surface area contributed by atoms with E-state index in [9.17, 15) is 0 Å². The Hall–Kier alpha value is -5.87. The van der Waals surface area contributed by atoms with E-state index in [1.165, 1.54) is 32.9 Å². The average molecular weight is 564 g/mol. The fourth-order valence-electron chi connectivity index (χ4n) is 7.64. The summed E-state index contributed by atoms with van der Waals surface area (Å²) in [6.07, 6.45) is 1.90. The molecule has 2 aliphatic rings. The summed E-state index contributed by atoms with van der Waals surface area (Å²) in [5.74, 6) is 1.71. The first-order valence-corrected chi connectivity index (χ1v) is 15.0. The Morgan fingerprint density at radius 1 is 0.523 bits per heavy atom. The van der Waals surface area contributed by atoms with Crippen molar-refractivity contribution in [3.63, 3.8) is 0 Å². The van der Waals surface area contributed by atoms with Crippen LogP contribution >= 0.6 is 0 Å². The molecular formula is C40H25N3O. The zero-order valence-corrected chi connectivity index (χ0v) is 23.7. The number of aromatic nitrogens is 3. The van der Waals surface area contributed by atoms with Crippen molar-refractivity contribution in [3.05, 3.63) is 168 Å². The molecule has 1 atom stereocenters. The Kier molecular flexibility index (Phi) is 4.62. The molecule has 0 fully saturated rings. The van der Waals surface area contributed by atoms with Gasteiger partial charge in [0.1, 0.15) is 17.0 Å². The molecule has 6 aromatic carbocycles. The SMILES string of the molecule is c1ccc(-n2c3ccccc3c3cc(-c4ccc5c(c4)Oc4ccccc4C54c5ccccc5-c5ccnn54)ccc32)cc1. The van der Waals surface area contributed by atoms with Gasteiger partial charge in [0.15, 0.2) is 0 Å². The lowest BCUT2D eigenvalue weighted by atomic mass is 9.75. The lowest BCUT2D eigenvalue weighted by molar-refractivity contribution is 0.382. The molecule has 1 unspecified atom stereocenters. The maximum absolute atomic E-state index is 6.71. The highest BCUT2D eigenvalue weighted by atomic mass is 16.5. The number of hydrogen-bond acceptors (Lipinski definition) is 2. The highest BCUT2D eigenvalue weighted by Gasteiger charge is 2.51. The Balaban J connectivity index is 1.20. The van der Waals surface area contributed by atoms with Crippen LogP contribution in [0.5, 0.6) is 11.5 Å². The van der Waals surface area contributed by atoms with Crippen LogP contribution in [0, 0.1) is 0 Å². The smallest absolute Gasteiger partial charge is 0.146 e. The zero-order valence-electron chi connectivity index (χ0n) is 23.7. The summed E-state index contributed by atoms with van der Waals surface area (Å²) in [5.41, 5.74) is 11.0. The summed E-state index contributed by atoms with van der Waals surface area (Å²) in [6, 6.07) is 51.9. The predicted molar refractivity (Wildman–Crippen MR) is 176 cm³/mol. The zero-order chi connectivity index (χ0) is 28.8. The van der Waals surface area contributed by atoms with Crippen molar-refractivity contribution >= 4 is 21.8 Å².